The molecule has 2 aliphatic heterocycles. The van der Waals surface area contributed by atoms with Crippen molar-refractivity contribution < 1.29 is 9.90 Å². The van der Waals surface area contributed by atoms with Crippen LogP contribution in [0.15, 0.2) is 67.9 Å². The van der Waals surface area contributed by atoms with Crippen LogP contribution in [0.3, 0.4) is 0 Å². The molecule has 10 heteroatoms. The molecule has 0 radical (unpaired) electrons. The number of anilines is 3. The minimum atomic E-state index is -0.781. The molecule has 9 nitrogen and oxygen atoms in total. The summed E-state index contributed by atoms with van der Waals surface area (Å²) in [5.74, 6) is -0.105. The Morgan fingerprint density at radius 2 is 1.63 bits per heavy atom. The van der Waals surface area contributed by atoms with Gasteiger partial charge in [-0.25, -0.2) is 4.79 Å². The number of nitrogens with zero attached hydrogens (tertiary/aromatic N) is 5. The van der Waals surface area contributed by atoms with Gasteiger partial charge in [-0.05, 0) is 49.2 Å². The third kappa shape index (κ3) is 5.37. The number of aromatic nitrogens is 2. The normalized spacial score (nSPS) is 15.3. The Morgan fingerprint density at radius 3 is 2.39 bits per heavy atom. The number of hydrogen-bond donors (Lipinski definition) is 1. The van der Waals surface area contributed by atoms with Crippen molar-refractivity contribution in [2.45, 2.75) is 29.1 Å². The lowest BCUT2D eigenvalue weighted by Crippen LogP contribution is -2.49. The third-order valence-electron chi connectivity index (χ3n) is 7.37. The van der Waals surface area contributed by atoms with Crippen molar-refractivity contribution in [3.8, 4) is 0 Å². The highest BCUT2D eigenvalue weighted by Gasteiger charge is 2.25. The molecule has 0 amide bonds. The Hall–Kier alpha value is -3.50. The molecule has 200 valence electrons. The largest absolute Gasteiger partial charge is 0.481 e. The van der Waals surface area contributed by atoms with Crippen LogP contribution in [0.25, 0.3) is 0 Å². The van der Waals surface area contributed by atoms with Crippen molar-refractivity contribution in [3.05, 3.63) is 74.9 Å². The van der Waals surface area contributed by atoms with Crippen LogP contribution in [0.2, 0.25) is 0 Å². The van der Waals surface area contributed by atoms with E-state index < -0.39 is 5.97 Å². The summed E-state index contributed by atoms with van der Waals surface area (Å²) in [7, 11) is 3.21. The quantitative estimate of drug-likeness (QED) is 0.471. The molecule has 2 aromatic carbocycles. The van der Waals surface area contributed by atoms with E-state index in [2.05, 4.69) is 51.1 Å². The number of aliphatic carboxylic acids is 1. The molecule has 3 aromatic rings. The van der Waals surface area contributed by atoms with Gasteiger partial charge in [0.15, 0.2) is 0 Å². The van der Waals surface area contributed by atoms with Crippen LogP contribution in [-0.2, 0) is 25.3 Å². The molecule has 1 N–H and O–H groups in total. The molecule has 1 fully saturated rings. The number of piperazine rings is 1. The molecule has 0 spiro atoms. The minimum absolute atomic E-state index is 0.125. The van der Waals surface area contributed by atoms with Gasteiger partial charge in [-0.15, -0.1) is 0 Å². The van der Waals surface area contributed by atoms with Gasteiger partial charge in [0.1, 0.15) is 5.82 Å². The number of hydrogen-bond acceptors (Lipinski definition) is 7. The highest BCUT2D eigenvalue weighted by Crippen LogP contribution is 2.48. The van der Waals surface area contributed by atoms with Crippen LogP contribution in [0.4, 0.5) is 17.2 Å². The van der Waals surface area contributed by atoms with E-state index in [4.69, 9.17) is 5.11 Å². The van der Waals surface area contributed by atoms with E-state index in [9.17, 15) is 14.4 Å². The standard InChI is InChI=1S/C28H33N5O4S/c1-29-25(19-26(34)30(2)28(29)37)32-16-14-31(15-17-32)12-5-13-33-21-6-3-4-7-23(21)38-24-10-8-20(18-22(24)33)9-11-27(35)36/h3-4,6-8,10,18-19H,5,9,11-17H2,1-2H3,(H,35,36). The molecule has 0 unspecified atom stereocenters. The van der Waals surface area contributed by atoms with Crippen LogP contribution in [0.5, 0.6) is 0 Å². The first-order chi connectivity index (χ1) is 18.3. The first kappa shape index (κ1) is 26.1. The van der Waals surface area contributed by atoms with Crippen LogP contribution < -0.4 is 21.0 Å². The zero-order valence-corrected chi connectivity index (χ0v) is 22.6. The summed E-state index contributed by atoms with van der Waals surface area (Å²) in [6, 6.07) is 16.3. The number of para-hydroxylation sites is 1. The van der Waals surface area contributed by atoms with Crippen LogP contribution >= 0.6 is 11.8 Å². The summed E-state index contributed by atoms with van der Waals surface area (Å²) in [5.41, 5.74) is 2.79. The summed E-state index contributed by atoms with van der Waals surface area (Å²) < 4.78 is 2.68. The Balaban J connectivity index is 1.24. The number of carbonyl (C=O) groups is 1. The van der Waals surface area contributed by atoms with Gasteiger partial charge in [0.2, 0.25) is 0 Å². The molecule has 0 atom stereocenters. The molecule has 5 rings (SSSR count). The molecule has 3 heterocycles. The number of benzene rings is 2. The first-order valence-electron chi connectivity index (χ1n) is 13.0. The molecule has 1 saturated heterocycles. The fourth-order valence-corrected chi connectivity index (χ4v) is 6.28. The van der Waals surface area contributed by atoms with Crippen molar-refractivity contribution in [2.24, 2.45) is 14.1 Å². The predicted molar refractivity (Wildman–Crippen MR) is 150 cm³/mol. The zero-order chi connectivity index (χ0) is 26.8. The summed E-state index contributed by atoms with van der Waals surface area (Å²) in [6.07, 6.45) is 1.62. The molecule has 38 heavy (non-hydrogen) atoms. The number of rotatable bonds is 8. The highest BCUT2D eigenvalue weighted by atomic mass is 32.2. The van der Waals surface area contributed by atoms with Gasteiger partial charge < -0.3 is 14.9 Å². The van der Waals surface area contributed by atoms with Crippen LogP contribution in [0.1, 0.15) is 18.4 Å². The maximum atomic E-state index is 12.3. The van der Waals surface area contributed by atoms with Crippen LogP contribution in [-0.4, -0.2) is 64.4 Å². The van der Waals surface area contributed by atoms with Crippen molar-refractivity contribution in [1.29, 1.82) is 0 Å². The SMILES string of the molecule is Cn1c(N2CCN(CCCN3c4ccccc4Sc4ccc(CCC(=O)O)cc43)CC2)cc(=O)n(C)c1=O. The van der Waals surface area contributed by atoms with Gasteiger partial charge in [0.05, 0.1) is 11.4 Å². The molecular weight excluding hydrogens is 502 g/mol. The second-order valence-electron chi connectivity index (χ2n) is 9.84. The fraction of sp³-hybridized carbons (Fsp3) is 0.393. The Labute approximate surface area is 225 Å². The van der Waals surface area contributed by atoms with Crippen molar-refractivity contribution in [2.75, 3.05) is 49.1 Å². The zero-order valence-electron chi connectivity index (χ0n) is 21.8. The van der Waals surface area contributed by atoms with Gasteiger partial charge in [-0.2, -0.15) is 0 Å². The molecule has 1 aromatic heterocycles. The second-order valence-corrected chi connectivity index (χ2v) is 10.9. The Bertz CT molecular complexity index is 1460. The predicted octanol–water partition coefficient (Wildman–Crippen LogP) is 2.92. The molecule has 0 saturated carbocycles. The number of fused-ring (bicyclic) bond motifs is 2. The fourth-order valence-electron chi connectivity index (χ4n) is 5.20. The maximum Gasteiger partial charge on any atom is 0.332 e. The first-order valence-corrected chi connectivity index (χ1v) is 13.8. The van der Waals surface area contributed by atoms with Gasteiger partial charge in [-0.1, -0.05) is 30.0 Å². The molecule has 0 aliphatic carbocycles. The minimum Gasteiger partial charge on any atom is -0.481 e. The third-order valence-corrected chi connectivity index (χ3v) is 8.50. The topological polar surface area (TPSA) is 91.0 Å². The van der Waals surface area contributed by atoms with E-state index in [0.717, 1.165) is 61.5 Å². The van der Waals surface area contributed by atoms with Gasteiger partial charge >= 0.3 is 11.7 Å². The van der Waals surface area contributed by atoms with Gasteiger partial charge in [0, 0.05) is 69.1 Å². The molecule has 2 aliphatic rings. The smallest absolute Gasteiger partial charge is 0.332 e. The van der Waals surface area contributed by atoms with Crippen molar-refractivity contribution in [1.82, 2.24) is 14.0 Å². The molecular formula is C28H33N5O4S. The Kier molecular flexibility index (Phi) is 7.62. The highest BCUT2D eigenvalue weighted by molar-refractivity contribution is 7.99. The van der Waals surface area contributed by atoms with E-state index in [0.29, 0.717) is 12.2 Å². The average Bonchev–Trinajstić information content (AvgIpc) is 2.92. The maximum absolute atomic E-state index is 12.3. The van der Waals surface area contributed by atoms with Crippen molar-refractivity contribution >= 4 is 34.9 Å². The second kappa shape index (κ2) is 11.1. The lowest BCUT2D eigenvalue weighted by molar-refractivity contribution is -0.136. The number of aryl methyl sites for hydroxylation is 1. The lowest BCUT2D eigenvalue weighted by Gasteiger charge is -2.37. The summed E-state index contributed by atoms with van der Waals surface area (Å²) in [6.45, 7) is 5.07. The van der Waals surface area contributed by atoms with Crippen molar-refractivity contribution in [3.63, 3.8) is 0 Å². The van der Waals surface area contributed by atoms with E-state index in [-0.39, 0.29) is 17.7 Å². The van der Waals surface area contributed by atoms with Gasteiger partial charge in [0.25, 0.3) is 5.56 Å². The lowest BCUT2D eigenvalue weighted by atomic mass is 10.1. The van der Waals surface area contributed by atoms with E-state index in [1.54, 1.807) is 29.4 Å². The summed E-state index contributed by atoms with van der Waals surface area (Å²) >= 11 is 1.76. The van der Waals surface area contributed by atoms with E-state index >= 15 is 0 Å². The Morgan fingerprint density at radius 1 is 0.895 bits per heavy atom. The average molecular weight is 536 g/mol. The monoisotopic (exact) mass is 535 g/mol. The summed E-state index contributed by atoms with van der Waals surface area (Å²) in [4.78, 5) is 44.9. The van der Waals surface area contributed by atoms with E-state index in [1.807, 2.05) is 6.07 Å². The van der Waals surface area contributed by atoms with Gasteiger partial charge in [-0.3, -0.25) is 23.6 Å². The molecule has 0 bridgehead atoms. The van der Waals surface area contributed by atoms with E-state index in [1.165, 1.54) is 22.5 Å². The summed E-state index contributed by atoms with van der Waals surface area (Å²) in [5, 5.41) is 9.11. The number of carboxylic acid groups (broad SMARTS) is 1. The van der Waals surface area contributed by atoms with Crippen LogP contribution in [0, 0.1) is 0 Å². The number of carboxylic acids is 1.